The van der Waals surface area contributed by atoms with Crippen molar-refractivity contribution in [2.45, 2.75) is 20.0 Å². The minimum atomic E-state index is 0.622. The Bertz CT molecular complexity index is 872. The number of rotatable bonds is 5. The predicted octanol–water partition coefficient (Wildman–Crippen LogP) is 3.47. The fourth-order valence-electron chi connectivity index (χ4n) is 3.08. The van der Waals surface area contributed by atoms with E-state index in [-0.39, 0.29) is 0 Å². The molecule has 0 amide bonds. The molecule has 136 valence electrons. The lowest BCUT2D eigenvalue weighted by molar-refractivity contribution is 0.119. The van der Waals surface area contributed by atoms with E-state index in [9.17, 15) is 0 Å². The van der Waals surface area contributed by atoms with Gasteiger partial charge in [-0.25, -0.2) is 4.98 Å². The van der Waals surface area contributed by atoms with Crippen molar-refractivity contribution < 1.29 is 4.52 Å². The summed E-state index contributed by atoms with van der Waals surface area (Å²) in [6.45, 7) is 7.46. The third-order valence-corrected chi connectivity index (χ3v) is 5.62. The van der Waals surface area contributed by atoms with Gasteiger partial charge < -0.3 is 4.52 Å². The molecule has 0 atom stereocenters. The average molecular weight is 390 g/mol. The van der Waals surface area contributed by atoms with Crippen LogP contribution in [0.4, 0.5) is 0 Å². The summed E-state index contributed by atoms with van der Waals surface area (Å²) < 4.78 is 5.04. The first-order valence-corrected chi connectivity index (χ1v) is 9.86. The van der Waals surface area contributed by atoms with Crippen molar-refractivity contribution in [2.75, 3.05) is 26.2 Å². The van der Waals surface area contributed by atoms with Crippen LogP contribution in [0.25, 0.3) is 11.3 Å². The molecule has 0 bridgehead atoms. The van der Waals surface area contributed by atoms with Gasteiger partial charge in [0.1, 0.15) is 5.01 Å². The van der Waals surface area contributed by atoms with E-state index >= 15 is 0 Å². The third-order valence-electron chi connectivity index (χ3n) is 4.46. The monoisotopic (exact) mass is 389 g/mol. The van der Waals surface area contributed by atoms with Crippen LogP contribution >= 0.6 is 22.9 Å². The van der Waals surface area contributed by atoms with Crippen molar-refractivity contribution in [3.05, 3.63) is 51.4 Å². The first-order chi connectivity index (χ1) is 12.7. The van der Waals surface area contributed by atoms with Gasteiger partial charge in [-0.15, -0.1) is 11.3 Å². The highest BCUT2D eigenvalue weighted by Crippen LogP contribution is 2.29. The van der Waals surface area contributed by atoms with Crippen molar-refractivity contribution in [3.8, 4) is 11.3 Å². The fourth-order valence-corrected chi connectivity index (χ4v) is 4.15. The number of nitrogens with zero attached hydrogens (tertiary/aromatic N) is 5. The molecule has 1 aliphatic rings. The second-order valence-corrected chi connectivity index (χ2v) is 7.74. The molecule has 0 saturated carbocycles. The zero-order valence-electron chi connectivity index (χ0n) is 14.6. The molecule has 26 heavy (non-hydrogen) atoms. The maximum Gasteiger partial charge on any atom is 0.223 e. The number of aryl methyl sites for hydroxylation is 1. The molecule has 3 heterocycles. The summed E-state index contributed by atoms with van der Waals surface area (Å²) in [5.74, 6) is 1.39. The van der Waals surface area contributed by atoms with Gasteiger partial charge in [0, 0.05) is 49.1 Å². The fraction of sp³-hybridized carbons (Fsp3) is 0.389. The number of hydrogen-bond donors (Lipinski definition) is 0. The Morgan fingerprint density at radius 1 is 1.08 bits per heavy atom. The smallest absolute Gasteiger partial charge is 0.223 e. The normalized spacial score (nSPS) is 16.2. The minimum Gasteiger partial charge on any atom is -0.340 e. The molecule has 8 heteroatoms. The Balaban J connectivity index is 1.31. The van der Waals surface area contributed by atoms with Crippen molar-refractivity contribution in [1.82, 2.24) is 24.9 Å². The summed E-state index contributed by atoms with van der Waals surface area (Å²) in [5, 5.41) is 7.94. The summed E-state index contributed by atoms with van der Waals surface area (Å²) in [4.78, 5) is 13.8. The molecule has 2 aromatic heterocycles. The van der Waals surface area contributed by atoms with E-state index in [0.29, 0.717) is 5.89 Å². The van der Waals surface area contributed by atoms with Gasteiger partial charge in [0.05, 0.1) is 18.8 Å². The highest BCUT2D eigenvalue weighted by Gasteiger charge is 2.20. The molecule has 1 aliphatic heterocycles. The third kappa shape index (κ3) is 4.12. The predicted molar refractivity (Wildman–Crippen MR) is 102 cm³/mol. The number of thiazole rings is 1. The SMILES string of the molecule is Cc1nc(CN2CCN(Cc3nc(-c4ccccc4Cl)cs3)CC2)no1. The maximum absolute atomic E-state index is 6.28. The number of piperazine rings is 1. The van der Waals surface area contributed by atoms with Gasteiger partial charge in [-0.05, 0) is 6.07 Å². The molecule has 3 aromatic rings. The zero-order chi connectivity index (χ0) is 17.9. The van der Waals surface area contributed by atoms with E-state index in [1.165, 1.54) is 0 Å². The van der Waals surface area contributed by atoms with Gasteiger partial charge in [0.25, 0.3) is 0 Å². The Hall–Kier alpha value is -1.80. The van der Waals surface area contributed by atoms with E-state index in [1.807, 2.05) is 31.2 Å². The van der Waals surface area contributed by atoms with E-state index in [1.54, 1.807) is 11.3 Å². The number of hydrogen-bond acceptors (Lipinski definition) is 7. The second kappa shape index (κ2) is 7.84. The largest absolute Gasteiger partial charge is 0.340 e. The Morgan fingerprint density at radius 2 is 1.81 bits per heavy atom. The van der Waals surface area contributed by atoms with Crippen LogP contribution < -0.4 is 0 Å². The Labute approximate surface area is 161 Å². The molecule has 6 nitrogen and oxygen atoms in total. The molecule has 0 radical (unpaired) electrons. The lowest BCUT2D eigenvalue weighted by Gasteiger charge is -2.33. The molecule has 0 unspecified atom stereocenters. The molecular weight excluding hydrogens is 370 g/mol. The van der Waals surface area contributed by atoms with Crippen LogP contribution in [-0.4, -0.2) is 51.1 Å². The lowest BCUT2D eigenvalue weighted by Crippen LogP contribution is -2.45. The number of benzene rings is 1. The topological polar surface area (TPSA) is 58.3 Å². The second-order valence-electron chi connectivity index (χ2n) is 6.39. The van der Waals surface area contributed by atoms with Crippen LogP contribution in [-0.2, 0) is 13.1 Å². The summed E-state index contributed by atoms with van der Waals surface area (Å²) in [5.41, 5.74) is 1.96. The lowest BCUT2D eigenvalue weighted by atomic mass is 10.2. The van der Waals surface area contributed by atoms with E-state index < -0.39 is 0 Å². The van der Waals surface area contributed by atoms with Gasteiger partial charge in [-0.3, -0.25) is 9.80 Å². The van der Waals surface area contributed by atoms with Gasteiger partial charge in [-0.1, -0.05) is 35.0 Å². The summed E-state index contributed by atoms with van der Waals surface area (Å²) >= 11 is 7.97. The molecule has 4 rings (SSSR count). The van der Waals surface area contributed by atoms with Crippen molar-refractivity contribution in [3.63, 3.8) is 0 Å². The number of aromatic nitrogens is 3. The molecule has 0 aliphatic carbocycles. The minimum absolute atomic E-state index is 0.622. The van der Waals surface area contributed by atoms with E-state index in [4.69, 9.17) is 21.1 Å². The average Bonchev–Trinajstić information content (AvgIpc) is 3.26. The van der Waals surface area contributed by atoms with Gasteiger partial charge in [-0.2, -0.15) is 4.98 Å². The van der Waals surface area contributed by atoms with Crippen molar-refractivity contribution >= 4 is 22.9 Å². The highest BCUT2D eigenvalue weighted by atomic mass is 35.5. The summed E-state index contributed by atoms with van der Waals surface area (Å²) in [6, 6.07) is 7.85. The maximum atomic E-state index is 6.28. The molecule has 1 saturated heterocycles. The standard InChI is InChI=1S/C18H20ClN5OS/c1-13-20-17(22-25-13)10-23-6-8-24(9-7-23)11-18-21-16(12-26-18)14-4-2-3-5-15(14)19/h2-5,12H,6-11H2,1H3. The molecular formula is C18H20ClN5OS. The first kappa shape index (κ1) is 17.6. The summed E-state index contributed by atoms with van der Waals surface area (Å²) in [6.07, 6.45) is 0. The van der Waals surface area contributed by atoms with E-state index in [0.717, 1.165) is 66.4 Å². The van der Waals surface area contributed by atoms with Crippen LogP contribution in [0.15, 0.2) is 34.2 Å². The highest BCUT2D eigenvalue weighted by molar-refractivity contribution is 7.09. The van der Waals surface area contributed by atoms with Crippen molar-refractivity contribution in [1.29, 1.82) is 0 Å². The van der Waals surface area contributed by atoms with Gasteiger partial charge >= 0.3 is 0 Å². The quantitative estimate of drug-likeness (QED) is 0.666. The van der Waals surface area contributed by atoms with Crippen LogP contribution in [0.2, 0.25) is 5.02 Å². The van der Waals surface area contributed by atoms with Crippen LogP contribution in [0.5, 0.6) is 0 Å². The van der Waals surface area contributed by atoms with Crippen LogP contribution in [0.1, 0.15) is 16.7 Å². The van der Waals surface area contributed by atoms with Crippen LogP contribution in [0, 0.1) is 6.92 Å². The number of halogens is 1. The Kier molecular flexibility index (Phi) is 5.31. The molecule has 1 fully saturated rings. The Morgan fingerprint density at radius 3 is 2.50 bits per heavy atom. The van der Waals surface area contributed by atoms with Crippen molar-refractivity contribution in [2.24, 2.45) is 0 Å². The van der Waals surface area contributed by atoms with Crippen LogP contribution in [0.3, 0.4) is 0 Å². The molecule has 1 aromatic carbocycles. The molecule has 0 N–H and O–H groups in total. The first-order valence-electron chi connectivity index (χ1n) is 8.60. The van der Waals surface area contributed by atoms with E-state index in [2.05, 4.69) is 25.3 Å². The summed E-state index contributed by atoms with van der Waals surface area (Å²) in [7, 11) is 0. The zero-order valence-corrected chi connectivity index (χ0v) is 16.1. The molecule has 0 spiro atoms. The van der Waals surface area contributed by atoms with Gasteiger partial charge in [0.15, 0.2) is 5.82 Å². The van der Waals surface area contributed by atoms with Gasteiger partial charge in [0.2, 0.25) is 5.89 Å².